The highest BCUT2D eigenvalue weighted by atomic mass is 19.1. The molecule has 3 aromatic rings. The lowest BCUT2D eigenvalue weighted by Gasteiger charge is -2.34. The molecule has 7 nitrogen and oxygen atoms in total. The molecule has 3 heterocycles. The van der Waals surface area contributed by atoms with Gasteiger partial charge in [-0.2, -0.15) is 0 Å². The Hall–Kier alpha value is -3.39. The second kappa shape index (κ2) is 8.16. The second-order valence-electron chi connectivity index (χ2n) is 7.16. The highest BCUT2D eigenvalue weighted by Crippen LogP contribution is 2.22. The summed E-state index contributed by atoms with van der Waals surface area (Å²) in [5.74, 6) is -0.263. The number of carbonyl (C=O) groups excluding carboxylic acids is 1. The smallest absolute Gasteiger partial charge is 0.255 e. The zero-order chi connectivity index (χ0) is 21.3. The molecule has 0 bridgehead atoms. The van der Waals surface area contributed by atoms with Gasteiger partial charge in [-0.1, -0.05) is 12.1 Å². The lowest BCUT2D eigenvalue weighted by molar-refractivity contribution is 0.0336. The summed E-state index contributed by atoms with van der Waals surface area (Å²) in [6.45, 7) is 2.56. The number of hydrogen-bond donors (Lipinski definition) is 0. The monoisotopic (exact) mass is 408 g/mol. The highest BCUT2D eigenvalue weighted by molar-refractivity contribution is 6.01. The van der Waals surface area contributed by atoms with Crippen molar-refractivity contribution >= 4 is 11.7 Å². The van der Waals surface area contributed by atoms with Crippen LogP contribution in [0.2, 0.25) is 0 Å². The van der Waals surface area contributed by atoms with E-state index in [9.17, 15) is 14.0 Å². The summed E-state index contributed by atoms with van der Waals surface area (Å²) < 4.78 is 21.0. The molecule has 1 aliphatic rings. The number of aromatic nitrogens is 3. The average molecular weight is 408 g/mol. The molecular weight excluding hydrogens is 387 g/mol. The molecule has 1 aliphatic heterocycles. The number of carbonyl (C=O) groups is 1. The predicted octanol–water partition coefficient (Wildman–Crippen LogP) is 2.38. The van der Waals surface area contributed by atoms with Crippen molar-refractivity contribution in [3.8, 4) is 11.3 Å². The fourth-order valence-corrected chi connectivity index (χ4v) is 3.52. The van der Waals surface area contributed by atoms with Crippen LogP contribution >= 0.6 is 0 Å². The van der Waals surface area contributed by atoms with Gasteiger partial charge >= 0.3 is 0 Å². The first-order valence-electron chi connectivity index (χ1n) is 9.60. The minimum absolute atomic E-state index is 0.206. The molecule has 8 heteroatoms. The van der Waals surface area contributed by atoms with Crippen LogP contribution in [0.4, 0.5) is 10.3 Å². The normalized spacial score (nSPS) is 16.5. The van der Waals surface area contributed by atoms with Gasteiger partial charge in [0.05, 0.1) is 18.8 Å². The van der Waals surface area contributed by atoms with E-state index in [-0.39, 0.29) is 17.9 Å². The summed E-state index contributed by atoms with van der Waals surface area (Å²) in [6.07, 6.45) is 2.50. The van der Waals surface area contributed by atoms with Crippen LogP contribution in [-0.4, -0.2) is 46.1 Å². The molecule has 30 heavy (non-hydrogen) atoms. The zero-order valence-corrected chi connectivity index (χ0v) is 16.7. The number of pyridine rings is 1. The number of ether oxygens (including phenoxy) is 1. The number of Topliss-reactive ketones (excluding diaryl/α,β-unsaturated/α-hetero) is 1. The van der Waals surface area contributed by atoms with Crippen LogP contribution in [0, 0.1) is 12.7 Å². The van der Waals surface area contributed by atoms with Gasteiger partial charge in [-0.15, -0.1) is 0 Å². The highest BCUT2D eigenvalue weighted by Gasteiger charge is 2.30. The van der Waals surface area contributed by atoms with Crippen LogP contribution in [0.1, 0.15) is 15.9 Å². The molecule has 1 atom stereocenters. The van der Waals surface area contributed by atoms with Crippen LogP contribution in [0.3, 0.4) is 0 Å². The van der Waals surface area contributed by atoms with E-state index in [2.05, 4.69) is 9.97 Å². The number of halogens is 1. The molecule has 0 saturated carbocycles. The molecule has 0 radical (unpaired) electrons. The molecule has 1 unspecified atom stereocenters. The summed E-state index contributed by atoms with van der Waals surface area (Å²) >= 11 is 0. The standard InChI is InChI=1S/C22H21FN4O3/c1-14-16(4-3-5-17(14)23)21(29)19-13-27(10-11-30-19)22-25-18(12-20(28)26(22)2)15-6-8-24-9-7-15/h3-9,12,19H,10-11,13H2,1-2H3. The Morgan fingerprint density at radius 1 is 1.23 bits per heavy atom. The Bertz CT molecular complexity index is 1150. The third-order valence-electron chi connectivity index (χ3n) is 5.26. The molecule has 0 aliphatic carbocycles. The fourth-order valence-electron chi connectivity index (χ4n) is 3.52. The van der Waals surface area contributed by atoms with Gasteiger partial charge in [0.25, 0.3) is 5.56 Å². The number of ketones is 1. The van der Waals surface area contributed by atoms with E-state index in [4.69, 9.17) is 4.74 Å². The SMILES string of the molecule is Cc1c(F)cccc1C(=O)C1CN(c2nc(-c3ccncc3)cc(=O)n2C)CCO1. The second-order valence-corrected chi connectivity index (χ2v) is 7.16. The van der Waals surface area contributed by atoms with Gasteiger partial charge in [0, 0.05) is 43.2 Å². The van der Waals surface area contributed by atoms with Crippen LogP contribution in [-0.2, 0) is 11.8 Å². The Kier molecular flexibility index (Phi) is 5.41. The molecule has 2 aromatic heterocycles. The number of anilines is 1. The fraction of sp³-hybridized carbons (Fsp3) is 0.273. The van der Waals surface area contributed by atoms with Gasteiger partial charge in [-0.3, -0.25) is 19.1 Å². The first-order valence-corrected chi connectivity index (χ1v) is 9.60. The lowest BCUT2D eigenvalue weighted by atomic mass is 10.00. The number of hydrogen-bond acceptors (Lipinski definition) is 6. The first-order chi connectivity index (χ1) is 14.5. The van der Waals surface area contributed by atoms with Crippen molar-refractivity contribution in [1.29, 1.82) is 0 Å². The maximum absolute atomic E-state index is 13.9. The lowest BCUT2D eigenvalue weighted by Crippen LogP contribution is -2.48. The van der Waals surface area contributed by atoms with Crippen molar-refractivity contribution in [1.82, 2.24) is 14.5 Å². The van der Waals surface area contributed by atoms with Gasteiger partial charge in [0.15, 0.2) is 5.78 Å². The van der Waals surface area contributed by atoms with E-state index < -0.39 is 11.9 Å². The Balaban J connectivity index is 1.65. The van der Waals surface area contributed by atoms with Gasteiger partial charge in [-0.05, 0) is 30.7 Å². The maximum Gasteiger partial charge on any atom is 0.255 e. The quantitative estimate of drug-likeness (QED) is 0.617. The van der Waals surface area contributed by atoms with Crippen LogP contribution < -0.4 is 10.5 Å². The zero-order valence-electron chi connectivity index (χ0n) is 16.7. The Morgan fingerprint density at radius 2 is 2.00 bits per heavy atom. The number of rotatable bonds is 4. The van der Waals surface area contributed by atoms with Gasteiger partial charge in [0.1, 0.15) is 11.9 Å². The molecule has 4 rings (SSSR count). The van der Waals surface area contributed by atoms with Crippen molar-refractivity contribution in [3.63, 3.8) is 0 Å². The van der Waals surface area contributed by atoms with Crippen LogP contribution in [0.5, 0.6) is 0 Å². The maximum atomic E-state index is 13.9. The third-order valence-corrected chi connectivity index (χ3v) is 5.26. The summed E-state index contributed by atoms with van der Waals surface area (Å²) in [5, 5.41) is 0. The number of morpholine rings is 1. The van der Waals surface area contributed by atoms with Crippen molar-refractivity contribution in [2.75, 3.05) is 24.6 Å². The molecule has 0 N–H and O–H groups in total. The molecule has 1 saturated heterocycles. The van der Waals surface area contributed by atoms with Crippen molar-refractivity contribution < 1.29 is 13.9 Å². The molecule has 0 spiro atoms. The van der Waals surface area contributed by atoms with Crippen molar-refractivity contribution in [3.05, 3.63) is 76.1 Å². The average Bonchev–Trinajstić information content (AvgIpc) is 2.77. The van der Waals surface area contributed by atoms with E-state index in [1.807, 2.05) is 4.90 Å². The largest absolute Gasteiger partial charge is 0.366 e. The predicted molar refractivity (Wildman–Crippen MR) is 110 cm³/mol. The minimum Gasteiger partial charge on any atom is -0.366 e. The molecule has 154 valence electrons. The van der Waals surface area contributed by atoms with Gasteiger partial charge < -0.3 is 9.64 Å². The van der Waals surface area contributed by atoms with E-state index in [0.717, 1.165) is 5.56 Å². The molecular formula is C22H21FN4O3. The van der Waals surface area contributed by atoms with E-state index in [1.54, 1.807) is 44.6 Å². The van der Waals surface area contributed by atoms with Gasteiger partial charge in [0.2, 0.25) is 5.95 Å². The van der Waals surface area contributed by atoms with E-state index >= 15 is 0 Å². The summed E-state index contributed by atoms with van der Waals surface area (Å²) in [6, 6.07) is 9.47. The van der Waals surface area contributed by atoms with Gasteiger partial charge in [-0.25, -0.2) is 9.37 Å². The molecule has 1 fully saturated rings. The van der Waals surface area contributed by atoms with Crippen LogP contribution in [0.25, 0.3) is 11.3 Å². The Morgan fingerprint density at radius 3 is 2.77 bits per heavy atom. The summed E-state index contributed by atoms with van der Waals surface area (Å²) in [7, 11) is 1.64. The van der Waals surface area contributed by atoms with Crippen LogP contribution in [0.15, 0.2) is 53.6 Å². The molecule has 1 aromatic carbocycles. The topological polar surface area (TPSA) is 77.3 Å². The van der Waals surface area contributed by atoms with Crippen molar-refractivity contribution in [2.24, 2.45) is 7.05 Å². The summed E-state index contributed by atoms with van der Waals surface area (Å²) in [4.78, 5) is 36.0. The van der Waals surface area contributed by atoms with Crippen molar-refractivity contribution in [2.45, 2.75) is 13.0 Å². The minimum atomic E-state index is -0.777. The van der Waals surface area contributed by atoms with E-state index in [0.29, 0.717) is 35.9 Å². The number of nitrogens with zero attached hydrogens (tertiary/aromatic N) is 4. The summed E-state index contributed by atoms with van der Waals surface area (Å²) in [5.41, 5.74) is 1.70. The Labute approximate surface area is 172 Å². The molecule has 0 amide bonds. The van der Waals surface area contributed by atoms with E-state index in [1.165, 1.54) is 22.8 Å². The third kappa shape index (κ3) is 3.73. The number of benzene rings is 1. The first kappa shape index (κ1) is 19.9.